The zero-order valence-corrected chi connectivity index (χ0v) is 9.60. The van der Waals surface area contributed by atoms with Crippen LogP contribution < -0.4 is 0 Å². The van der Waals surface area contributed by atoms with E-state index in [-0.39, 0.29) is 17.5 Å². The molecule has 1 aromatic rings. The van der Waals surface area contributed by atoms with Crippen molar-refractivity contribution in [3.05, 3.63) is 35.9 Å². The van der Waals surface area contributed by atoms with E-state index in [0.717, 1.165) is 5.56 Å². The molecule has 1 heterocycles. The Morgan fingerprint density at radius 2 is 2.12 bits per heavy atom. The quantitative estimate of drug-likeness (QED) is 0.716. The molecule has 2 atom stereocenters. The molecule has 1 saturated heterocycles. The van der Waals surface area contributed by atoms with E-state index in [4.69, 9.17) is 9.47 Å². The van der Waals surface area contributed by atoms with Gasteiger partial charge in [-0.05, 0) is 18.9 Å². The van der Waals surface area contributed by atoms with Crippen molar-refractivity contribution in [3.8, 4) is 0 Å². The minimum Gasteiger partial charge on any atom is -0.469 e. The lowest BCUT2D eigenvalue weighted by molar-refractivity contribution is -0.145. The second-order valence-corrected chi connectivity index (χ2v) is 4.33. The van der Waals surface area contributed by atoms with Crippen molar-refractivity contribution in [2.45, 2.75) is 18.9 Å². The van der Waals surface area contributed by atoms with Crippen LogP contribution in [0.1, 0.15) is 18.9 Å². The topological polar surface area (TPSA) is 35.5 Å². The summed E-state index contributed by atoms with van der Waals surface area (Å²) in [7, 11) is 1.42. The van der Waals surface area contributed by atoms with Crippen LogP contribution in [0.5, 0.6) is 0 Å². The van der Waals surface area contributed by atoms with Gasteiger partial charge in [0.1, 0.15) is 0 Å². The van der Waals surface area contributed by atoms with Crippen LogP contribution in [0.2, 0.25) is 0 Å². The number of methoxy groups -OCH3 is 1. The molecular formula is C13H16O3. The van der Waals surface area contributed by atoms with Crippen LogP contribution >= 0.6 is 0 Å². The molecule has 0 N–H and O–H groups in total. The van der Waals surface area contributed by atoms with Gasteiger partial charge in [0.15, 0.2) is 0 Å². The van der Waals surface area contributed by atoms with Gasteiger partial charge in [0.2, 0.25) is 0 Å². The Kier molecular flexibility index (Phi) is 2.97. The van der Waals surface area contributed by atoms with E-state index in [2.05, 4.69) is 0 Å². The monoisotopic (exact) mass is 220 g/mol. The Labute approximate surface area is 95.4 Å². The van der Waals surface area contributed by atoms with Crippen molar-refractivity contribution in [1.29, 1.82) is 0 Å². The van der Waals surface area contributed by atoms with Crippen molar-refractivity contribution in [1.82, 2.24) is 0 Å². The van der Waals surface area contributed by atoms with Crippen molar-refractivity contribution < 1.29 is 14.3 Å². The van der Waals surface area contributed by atoms with Crippen LogP contribution in [0.4, 0.5) is 0 Å². The molecule has 1 fully saturated rings. The molecule has 1 aliphatic heterocycles. The summed E-state index contributed by atoms with van der Waals surface area (Å²) in [5, 5.41) is 0. The molecule has 1 aliphatic rings. The molecule has 16 heavy (non-hydrogen) atoms. The summed E-state index contributed by atoms with van der Waals surface area (Å²) >= 11 is 0. The zero-order valence-electron chi connectivity index (χ0n) is 9.60. The molecule has 0 radical (unpaired) electrons. The number of carbonyl (C=O) groups is 1. The molecule has 2 rings (SSSR count). The second kappa shape index (κ2) is 4.26. The average molecular weight is 220 g/mol. The van der Waals surface area contributed by atoms with E-state index < -0.39 is 0 Å². The average Bonchev–Trinajstić information content (AvgIpc) is 2.73. The first kappa shape index (κ1) is 11.1. The summed E-state index contributed by atoms with van der Waals surface area (Å²) in [5.74, 6) is -0.324. The number of esters is 1. The molecule has 0 spiro atoms. The molecule has 0 bridgehead atoms. The Bertz CT molecular complexity index is 374. The highest BCUT2D eigenvalue weighted by atomic mass is 16.5. The van der Waals surface area contributed by atoms with Gasteiger partial charge in [0, 0.05) is 0 Å². The van der Waals surface area contributed by atoms with Gasteiger partial charge >= 0.3 is 5.97 Å². The molecule has 3 nitrogen and oxygen atoms in total. The predicted molar refractivity (Wildman–Crippen MR) is 59.9 cm³/mol. The van der Waals surface area contributed by atoms with Crippen molar-refractivity contribution >= 4 is 5.97 Å². The molecule has 86 valence electrons. The maximum absolute atomic E-state index is 11.4. The SMILES string of the molecule is COC(=O)[C@H]1CO[C@@](C)(c2ccccc2)C1. The largest absolute Gasteiger partial charge is 0.469 e. The van der Waals surface area contributed by atoms with E-state index in [1.807, 2.05) is 37.3 Å². The first-order valence-corrected chi connectivity index (χ1v) is 5.43. The van der Waals surface area contributed by atoms with E-state index in [0.29, 0.717) is 13.0 Å². The van der Waals surface area contributed by atoms with Gasteiger partial charge in [0.25, 0.3) is 0 Å². The Balaban J connectivity index is 2.15. The molecule has 0 aliphatic carbocycles. The van der Waals surface area contributed by atoms with Gasteiger partial charge in [-0.3, -0.25) is 4.79 Å². The van der Waals surface area contributed by atoms with Gasteiger partial charge in [-0.15, -0.1) is 0 Å². The van der Waals surface area contributed by atoms with Crippen molar-refractivity contribution in [2.24, 2.45) is 5.92 Å². The second-order valence-electron chi connectivity index (χ2n) is 4.33. The summed E-state index contributed by atoms with van der Waals surface area (Å²) in [5.41, 5.74) is 0.751. The smallest absolute Gasteiger partial charge is 0.311 e. The van der Waals surface area contributed by atoms with Gasteiger partial charge in [-0.25, -0.2) is 0 Å². The number of carbonyl (C=O) groups excluding carboxylic acids is 1. The van der Waals surface area contributed by atoms with Gasteiger partial charge in [0.05, 0.1) is 25.2 Å². The number of rotatable bonds is 2. The molecule has 1 aromatic carbocycles. The number of hydrogen-bond donors (Lipinski definition) is 0. The van der Waals surface area contributed by atoms with Crippen LogP contribution in [0.25, 0.3) is 0 Å². The maximum atomic E-state index is 11.4. The van der Waals surface area contributed by atoms with E-state index >= 15 is 0 Å². The lowest BCUT2D eigenvalue weighted by Crippen LogP contribution is -2.21. The lowest BCUT2D eigenvalue weighted by atomic mass is 9.89. The standard InChI is InChI=1S/C13H16O3/c1-13(11-6-4-3-5-7-11)8-10(9-16-13)12(14)15-2/h3-7,10H,8-9H2,1-2H3/t10-,13-/m1/s1. The van der Waals surface area contributed by atoms with E-state index in [1.165, 1.54) is 7.11 Å². The minimum absolute atomic E-state index is 0.143. The molecule has 0 amide bonds. The normalized spacial score (nSPS) is 29.0. The summed E-state index contributed by atoms with van der Waals surface area (Å²) in [6.07, 6.45) is 0.684. The maximum Gasteiger partial charge on any atom is 0.311 e. The van der Waals surface area contributed by atoms with Crippen LogP contribution in [0.3, 0.4) is 0 Å². The lowest BCUT2D eigenvalue weighted by Gasteiger charge is -2.23. The summed E-state index contributed by atoms with van der Waals surface area (Å²) in [6, 6.07) is 9.99. The Morgan fingerprint density at radius 1 is 1.44 bits per heavy atom. The molecular weight excluding hydrogens is 204 g/mol. The van der Waals surface area contributed by atoms with E-state index in [9.17, 15) is 4.79 Å². The molecule has 0 unspecified atom stereocenters. The highest BCUT2D eigenvalue weighted by molar-refractivity contribution is 5.73. The predicted octanol–water partition coefficient (Wildman–Crippen LogP) is 2.11. The Morgan fingerprint density at radius 3 is 2.75 bits per heavy atom. The van der Waals surface area contributed by atoms with Crippen LogP contribution in [0, 0.1) is 5.92 Å². The summed E-state index contributed by atoms with van der Waals surface area (Å²) < 4.78 is 10.5. The highest BCUT2D eigenvalue weighted by Gasteiger charge is 2.41. The van der Waals surface area contributed by atoms with Gasteiger partial charge in [-0.1, -0.05) is 30.3 Å². The third-order valence-electron chi connectivity index (χ3n) is 3.16. The fraction of sp³-hybridized carbons (Fsp3) is 0.462. The van der Waals surface area contributed by atoms with Gasteiger partial charge < -0.3 is 9.47 Å². The van der Waals surface area contributed by atoms with Gasteiger partial charge in [-0.2, -0.15) is 0 Å². The van der Waals surface area contributed by atoms with Crippen LogP contribution in [0.15, 0.2) is 30.3 Å². The Hall–Kier alpha value is -1.35. The minimum atomic E-state index is -0.361. The number of hydrogen-bond acceptors (Lipinski definition) is 3. The van der Waals surface area contributed by atoms with E-state index in [1.54, 1.807) is 0 Å². The fourth-order valence-electron chi connectivity index (χ4n) is 2.18. The first-order chi connectivity index (χ1) is 7.65. The number of ether oxygens (including phenoxy) is 2. The fourth-order valence-corrected chi connectivity index (χ4v) is 2.18. The van der Waals surface area contributed by atoms with Crippen molar-refractivity contribution in [2.75, 3.05) is 13.7 Å². The highest BCUT2D eigenvalue weighted by Crippen LogP contribution is 2.38. The third-order valence-corrected chi connectivity index (χ3v) is 3.16. The summed E-state index contributed by atoms with van der Waals surface area (Å²) in [6.45, 7) is 2.46. The summed E-state index contributed by atoms with van der Waals surface area (Å²) in [4.78, 5) is 11.4. The molecule has 3 heteroatoms. The molecule has 0 aromatic heterocycles. The third kappa shape index (κ3) is 1.95. The first-order valence-electron chi connectivity index (χ1n) is 5.43. The van der Waals surface area contributed by atoms with Crippen molar-refractivity contribution in [3.63, 3.8) is 0 Å². The van der Waals surface area contributed by atoms with Crippen LogP contribution in [-0.4, -0.2) is 19.7 Å². The molecule has 0 saturated carbocycles. The van der Waals surface area contributed by atoms with Crippen LogP contribution in [-0.2, 0) is 19.9 Å². The number of benzene rings is 1. The zero-order chi connectivity index (χ0) is 11.6.